The van der Waals surface area contributed by atoms with Crippen molar-refractivity contribution >= 4 is 32.6 Å². The van der Waals surface area contributed by atoms with Crippen molar-refractivity contribution in [1.29, 1.82) is 5.26 Å². The minimum Gasteiger partial charge on any atom is -0.265 e. The van der Waals surface area contributed by atoms with Crippen LogP contribution in [0.3, 0.4) is 0 Å². The number of nitriles is 1. The minimum atomic E-state index is 0.644. The van der Waals surface area contributed by atoms with E-state index in [0.29, 0.717) is 5.56 Å². The van der Waals surface area contributed by atoms with Gasteiger partial charge in [0.15, 0.2) is 0 Å². The molecule has 0 radical (unpaired) electrons. The third-order valence-corrected chi connectivity index (χ3v) is 10.4. The summed E-state index contributed by atoms with van der Waals surface area (Å²) >= 11 is 0. The molecule has 0 aliphatic heterocycles. The van der Waals surface area contributed by atoms with Gasteiger partial charge in [0.05, 0.1) is 34.1 Å². The Morgan fingerprint density at radius 1 is 0.357 bits per heavy atom. The van der Waals surface area contributed by atoms with Crippen LogP contribution >= 0.6 is 0 Å². The first kappa shape index (κ1) is 32.7. The molecule has 0 atom stereocenters. The number of hydrogen-bond donors (Lipinski definition) is 0. The van der Waals surface area contributed by atoms with Gasteiger partial charge in [0, 0.05) is 70.2 Å². The minimum absolute atomic E-state index is 0.644. The molecule has 56 heavy (non-hydrogen) atoms. The normalized spacial score (nSPS) is 11.2. The Morgan fingerprint density at radius 2 is 0.875 bits per heavy atom. The molecule has 10 aromatic rings. The molecule has 10 rings (SSSR count). The van der Waals surface area contributed by atoms with E-state index in [9.17, 15) is 5.26 Å². The summed E-state index contributed by atoms with van der Waals surface area (Å²) in [5.74, 6) is 0. The molecule has 0 aliphatic rings. The Labute approximate surface area is 323 Å². The predicted molar refractivity (Wildman–Crippen MR) is 225 cm³/mol. The van der Waals surface area contributed by atoms with E-state index >= 15 is 0 Å². The third-order valence-electron chi connectivity index (χ3n) is 10.4. The summed E-state index contributed by atoms with van der Waals surface area (Å²) in [5, 5.41) is 13.8. The average molecular weight is 715 g/mol. The highest BCUT2D eigenvalue weighted by molar-refractivity contribution is 6.22. The standard InChI is InChI=1S/C50H30N6/c51-31-32-5-1-6-37(25-32)33-11-13-34(14-12-33)43-29-45-42-10-4-20-55-50(42)44(30-46(45)41-9-3-19-54-49(41)43)39-8-2-7-38(26-39)40-27-47(35-15-21-52-22-16-35)56-48(28-40)36-17-23-53-24-18-36/h1-30H. The van der Waals surface area contributed by atoms with Gasteiger partial charge < -0.3 is 0 Å². The van der Waals surface area contributed by atoms with Crippen molar-refractivity contribution in [3.63, 3.8) is 0 Å². The maximum Gasteiger partial charge on any atom is 0.0991 e. The van der Waals surface area contributed by atoms with E-state index in [4.69, 9.17) is 15.0 Å². The number of rotatable bonds is 6. The van der Waals surface area contributed by atoms with Crippen molar-refractivity contribution in [1.82, 2.24) is 24.9 Å². The second-order valence-electron chi connectivity index (χ2n) is 13.7. The molecule has 6 nitrogen and oxygen atoms in total. The summed E-state index contributed by atoms with van der Waals surface area (Å²) in [7, 11) is 0. The molecular formula is C50H30N6. The Hall–Kier alpha value is -7.88. The van der Waals surface area contributed by atoms with Crippen LogP contribution in [0.25, 0.3) is 99.6 Å². The van der Waals surface area contributed by atoms with Gasteiger partial charge in [0.2, 0.25) is 0 Å². The molecule has 0 unspecified atom stereocenters. The van der Waals surface area contributed by atoms with Crippen molar-refractivity contribution in [2.75, 3.05) is 0 Å². The molecule has 0 N–H and O–H groups in total. The lowest BCUT2D eigenvalue weighted by molar-refractivity contribution is 1.27. The summed E-state index contributed by atoms with van der Waals surface area (Å²) < 4.78 is 0. The van der Waals surface area contributed by atoms with Crippen molar-refractivity contribution in [2.24, 2.45) is 0 Å². The molecule has 5 aromatic heterocycles. The number of hydrogen-bond acceptors (Lipinski definition) is 6. The predicted octanol–water partition coefficient (Wildman–Crippen LogP) is 12.0. The zero-order valence-corrected chi connectivity index (χ0v) is 30.0. The number of pyridine rings is 5. The molecule has 0 saturated carbocycles. The van der Waals surface area contributed by atoms with E-state index in [2.05, 4.69) is 101 Å². The first-order chi connectivity index (χ1) is 27.7. The molecule has 0 aliphatic carbocycles. The zero-order chi connectivity index (χ0) is 37.4. The van der Waals surface area contributed by atoms with Gasteiger partial charge in [-0.05, 0) is 123 Å². The maximum atomic E-state index is 9.43. The van der Waals surface area contributed by atoms with Gasteiger partial charge in [-0.3, -0.25) is 19.9 Å². The molecule has 0 saturated heterocycles. The van der Waals surface area contributed by atoms with Gasteiger partial charge in [0.1, 0.15) is 0 Å². The first-order valence-electron chi connectivity index (χ1n) is 18.3. The lowest BCUT2D eigenvalue weighted by Crippen LogP contribution is -1.93. The molecule has 0 amide bonds. The molecular weight excluding hydrogens is 685 g/mol. The van der Waals surface area contributed by atoms with Crippen LogP contribution < -0.4 is 0 Å². The third kappa shape index (κ3) is 5.90. The number of aromatic nitrogens is 5. The second kappa shape index (κ2) is 13.8. The topological polar surface area (TPSA) is 88.2 Å². The number of fused-ring (bicyclic) bond motifs is 5. The van der Waals surface area contributed by atoms with E-state index in [0.717, 1.165) is 99.6 Å². The van der Waals surface area contributed by atoms with Gasteiger partial charge in [0.25, 0.3) is 0 Å². The highest BCUT2D eigenvalue weighted by Gasteiger charge is 2.17. The fraction of sp³-hybridized carbons (Fsp3) is 0. The monoisotopic (exact) mass is 714 g/mol. The van der Waals surface area contributed by atoms with Crippen LogP contribution in [0, 0.1) is 11.3 Å². The molecule has 260 valence electrons. The van der Waals surface area contributed by atoms with Crippen LogP contribution in [-0.2, 0) is 0 Å². The quantitative estimate of drug-likeness (QED) is 0.159. The highest BCUT2D eigenvalue weighted by Crippen LogP contribution is 2.42. The van der Waals surface area contributed by atoms with Crippen LogP contribution in [-0.4, -0.2) is 24.9 Å². The van der Waals surface area contributed by atoms with Gasteiger partial charge in [-0.2, -0.15) is 5.26 Å². The number of benzene rings is 5. The average Bonchev–Trinajstić information content (AvgIpc) is 3.29. The highest BCUT2D eigenvalue weighted by atomic mass is 14.7. The molecule has 0 spiro atoms. The maximum absolute atomic E-state index is 9.43. The summed E-state index contributed by atoms with van der Waals surface area (Å²) in [6, 6.07) is 52.3. The van der Waals surface area contributed by atoms with E-state index in [-0.39, 0.29) is 0 Å². The van der Waals surface area contributed by atoms with Crippen molar-refractivity contribution in [2.45, 2.75) is 0 Å². The van der Waals surface area contributed by atoms with Crippen LogP contribution in [0.15, 0.2) is 183 Å². The lowest BCUT2D eigenvalue weighted by Gasteiger charge is -2.16. The van der Waals surface area contributed by atoms with E-state index < -0.39 is 0 Å². The van der Waals surface area contributed by atoms with Gasteiger partial charge in [-0.15, -0.1) is 0 Å². The van der Waals surface area contributed by atoms with Gasteiger partial charge in [-0.25, -0.2) is 4.98 Å². The number of nitrogens with zero attached hydrogens (tertiary/aromatic N) is 6. The molecule has 0 bridgehead atoms. The Balaban J connectivity index is 1.13. The Kier molecular flexibility index (Phi) is 8.09. The molecule has 5 aromatic carbocycles. The van der Waals surface area contributed by atoms with Crippen LogP contribution in [0.5, 0.6) is 0 Å². The van der Waals surface area contributed by atoms with E-state index in [1.54, 1.807) is 24.8 Å². The zero-order valence-electron chi connectivity index (χ0n) is 30.0. The molecule has 6 heteroatoms. The van der Waals surface area contributed by atoms with E-state index in [1.807, 2.05) is 73.1 Å². The second-order valence-corrected chi connectivity index (χ2v) is 13.7. The lowest BCUT2D eigenvalue weighted by atomic mass is 9.89. The van der Waals surface area contributed by atoms with Crippen LogP contribution in [0.4, 0.5) is 0 Å². The Morgan fingerprint density at radius 3 is 1.46 bits per heavy atom. The SMILES string of the molecule is N#Cc1cccc(-c2ccc(-c3cc4c5cccnc5c(-c5cccc(-c6cc(-c7ccncc7)nc(-c7ccncc7)c6)c5)cc4c4cccnc34)cc2)c1. The largest absolute Gasteiger partial charge is 0.265 e. The fourth-order valence-corrected chi connectivity index (χ4v) is 7.66. The van der Waals surface area contributed by atoms with Crippen LogP contribution in [0.1, 0.15) is 5.56 Å². The van der Waals surface area contributed by atoms with Gasteiger partial charge >= 0.3 is 0 Å². The fourth-order valence-electron chi connectivity index (χ4n) is 7.66. The smallest absolute Gasteiger partial charge is 0.0991 e. The van der Waals surface area contributed by atoms with Crippen molar-refractivity contribution < 1.29 is 0 Å². The Bertz CT molecular complexity index is 3080. The molecule has 0 fully saturated rings. The summed E-state index contributed by atoms with van der Waals surface area (Å²) in [5.41, 5.74) is 14.7. The molecule has 5 heterocycles. The summed E-state index contributed by atoms with van der Waals surface area (Å²) in [6.07, 6.45) is 10.9. The summed E-state index contributed by atoms with van der Waals surface area (Å²) in [4.78, 5) is 23.5. The van der Waals surface area contributed by atoms with Gasteiger partial charge in [-0.1, -0.05) is 66.7 Å². The van der Waals surface area contributed by atoms with E-state index in [1.165, 1.54) is 0 Å². The van der Waals surface area contributed by atoms with Crippen molar-refractivity contribution in [3.05, 3.63) is 188 Å². The first-order valence-corrected chi connectivity index (χ1v) is 18.3. The summed E-state index contributed by atoms with van der Waals surface area (Å²) in [6.45, 7) is 0. The van der Waals surface area contributed by atoms with Crippen molar-refractivity contribution in [3.8, 4) is 73.1 Å². The van der Waals surface area contributed by atoms with Crippen LogP contribution in [0.2, 0.25) is 0 Å².